The molecule has 3 nitrogen and oxygen atoms in total. The predicted octanol–water partition coefficient (Wildman–Crippen LogP) is 5.19. The lowest BCUT2D eigenvalue weighted by Gasteiger charge is -2.24. The van der Waals surface area contributed by atoms with Crippen LogP contribution >= 0.6 is 69.6 Å². The van der Waals surface area contributed by atoms with E-state index in [1.54, 1.807) is 24.3 Å². The molecule has 0 N–H and O–H groups in total. The third-order valence-electron chi connectivity index (χ3n) is 2.43. The fraction of sp³-hybridized carbons (Fsp3) is 0.182. The minimum Gasteiger partial charge on any atom is -0.139 e. The van der Waals surface area contributed by atoms with E-state index in [2.05, 4.69) is 15.4 Å². The van der Waals surface area contributed by atoms with Crippen molar-refractivity contribution >= 4 is 69.6 Å². The fourth-order valence-electron chi connectivity index (χ4n) is 1.69. The second-order valence-electron chi connectivity index (χ2n) is 3.73. The van der Waals surface area contributed by atoms with Crippen LogP contribution in [0.3, 0.4) is 0 Å². The minimum absolute atomic E-state index is 0.241. The van der Waals surface area contributed by atoms with Crippen molar-refractivity contribution in [3.05, 3.63) is 41.6 Å². The Morgan fingerprint density at radius 2 is 1.55 bits per heavy atom. The summed E-state index contributed by atoms with van der Waals surface area (Å²) in [6.45, 7) is 0. The van der Waals surface area contributed by atoms with Crippen LogP contribution in [0.2, 0.25) is 0 Å². The summed E-state index contributed by atoms with van der Waals surface area (Å²) in [4.78, 5) is 0. The van der Waals surface area contributed by atoms with E-state index in [-0.39, 0.29) is 11.1 Å². The van der Waals surface area contributed by atoms with Crippen molar-refractivity contribution < 1.29 is 0 Å². The predicted molar refractivity (Wildman–Crippen MR) is 83.7 cm³/mol. The number of benzene rings is 1. The third-order valence-corrected chi connectivity index (χ3v) is 3.61. The van der Waals surface area contributed by atoms with Crippen molar-refractivity contribution in [3.63, 3.8) is 0 Å². The smallest absolute Gasteiger partial charge is 0.139 e. The van der Waals surface area contributed by atoms with Crippen molar-refractivity contribution in [1.29, 1.82) is 0 Å². The number of hydrogen-bond acceptors (Lipinski definition) is 3. The average molecular weight is 392 g/mol. The highest BCUT2D eigenvalue weighted by Gasteiger charge is 2.37. The van der Waals surface area contributed by atoms with Crippen LogP contribution in [0.1, 0.15) is 11.1 Å². The van der Waals surface area contributed by atoms with Crippen LogP contribution in [0.4, 0.5) is 0 Å². The Bertz CT molecular complexity index is 606. The van der Waals surface area contributed by atoms with Crippen LogP contribution in [0.25, 0.3) is 11.3 Å². The van der Waals surface area contributed by atoms with Crippen molar-refractivity contribution in [2.24, 2.45) is 0 Å². The van der Waals surface area contributed by atoms with Gasteiger partial charge in [0, 0.05) is 16.7 Å². The van der Waals surface area contributed by atoms with Gasteiger partial charge in [0.2, 0.25) is 7.59 Å². The normalized spacial score (nSPS) is 12.5. The molecule has 0 amide bonds. The Kier molecular flexibility index (Phi) is 4.90. The molecule has 0 radical (unpaired) electrons. The molecular formula is C11H5Cl6N3. The molecule has 0 saturated heterocycles. The summed E-state index contributed by atoms with van der Waals surface area (Å²) in [5.74, 6) is 0. The second kappa shape index (κ2) is 5.99. The molecule has 0 bridgehead atoms. The lowest BCUT2D eigenvalue weighted by molar-refractivity contribution is 0.869. The standard InChI is InChI=1S/C11H5Cl6N3/c12-10(13,14)7-3-1-2-6(9(7)11(15,16)17)8-4-5-18-20-19-8/h1-5H. The molecular weight excluding hydrogens is 387 g/mol. The molecule has 0 aliphatic heterocycles. The quantitative estimate of drug-likeness (QED) is 0.628. The van der Waals surface area contributed by atoms with Crippen LogP contribution in [-0.4, -0.2) is 15.4 Å². The van der Waals surface area contributed by atoms with Gasteiger partial charge in [-0.05, 0) is 11.3 Å². The zero-order valence-corrected chi connectivity index (χ0v) is 14.0. The molecule has 1 aromatic carbocycles. The monoisotopic (exact) mass is 389 g/mol. The number of rotatable bonds is 1. The topological polar surface area (TPSA) is 38.7 Å². The molecule has 2 aromatic rings. The molecule has 9 heteroatoms. The SMILES string of the molecule is ClC(Cl)(Cl)c1cccc(-c2ccnnn2)c1C(Cl)(Cl)Cl. The summed E-state index contributed by atoms with van der Waals surface area (Å²) in [7, 11) is 0. The van der Waals surface area contributed by atoms with Crippen LogP contribution in [0, 0.1) is 0 Å². The first-order chi connectivity index (χ1) is 9.21. The maximum Gasteiger partial charge on any atom is 0.217 e. The number of nitrogens with zero attached hydrogens (tertiary/aromatic N) is 3. The van der Waals surface area contributed by atoms with Crippen LogP contribution in [0.5, 0.6) is 0 Å². The van der Waals surface area contributed by atoms with Gasteiger partial charge in [-0.2, -0.15) is 0 Å². The van der Waals surface area contributed by atoms with Crippen LogP contribution in [0.15, 0.2) is 30.5 Å². The molecule has 0 atom stereocenters. The van der Waals surface area contributed by atoms with Gasteiger partial charge in [-0.15, -0.1) is 10.2 Å². The number of aromatic nitrogens is 3. The number of hydrogen-bond donors (Lipinski definition) is 0. The summed E-state index contributed by atoms with van der Waals surface area (Å²) in [6, 6.07) is 6.56. The maximum atomic E-state index is 6.02. The molecule has 0 saturated carbocycles. The number of alkyl halides is 6. The van der Waals surface area contributed by atoms with E-state index in [1.165, 1.54) is 6.20 Å². The van der Waals surface area contributed by atoms with Gasteiger partial charge in [0.15, 0.2) is 0 Å². The van der Waals surface area contributed by atoms with Crippen molar-refractivity contribution in [2.45, 2.75) is 7.59 Å². The summed E-state index contributed by atoms with van der Waals surface area (Å²) in [6.07, 6.45) is 1.46. The van der Waals surface area contributed by atoms with Crippen molar-refractivity contribution in [2.75, 3.05) is 0 Å². The summed E-state index contributed by atoms with van der Waals surface area (Å²) in [5.41, 5.74) is 1.46. The van der Waals surface area contributed by atoms with Gasteiger partial charge in [0.25, 0.3) is 0 Å². The molecule has 1 heterocycles. The highest BCUT2D eigenvalue weighted by atomic mass is 35.6. The fourth-order valence-corrected chi connectivity index (χ4v) is 2.78. The zero-order chi connectivity index (χ0) is 15.0. The van der Waals surface area contributed by atoms with E-state index in [0.29, 0.717) is 11.3 Å². The Labute approximate surface area is 145 Å². The van der Waals surface area contributed by atoms with E-state index in [4.69, 9.17) is 69.6 Å². The largest absolute Gasteiger partial charge is 0.217 e. The van der Waals surface area contributed by atoms with E-state index in [1.807, 2.05) is 0 Å². The number of halogens is 6. The summed E-state index contributed by atoms with van der Waals surface area (Å²) < 4.78 is -3.53. The summed E-state index contributed by atoms with van der Waals surface area (Å²) >= 11 is 35.9. The first-order valence-electron chi connectivity index (χ1n) is 5.13. The van der Waals surface area contributed by atoms with Gasteiger partial charge >= 0.3 is 0 Å². The van der Waals surface area contributed by atoms with Crippen molar-refractivity contribution in [3.8, 4) is 11.3 Å². The van der Waals surface area contributed by atoms with E-state index < -0.39 is 7.59 Å². The molecule has 0 fully saturated rings. The first kappa shape index (κ1) is 16.3. The van der Waals surface area contributed by atoms with Gasteiger partial charge in [-0.25, -0.2) is 0 Å². The second-order valence-corrected chi connectivity index (χ2v) is 8.29. The molecule has 20 heavy (non-hydrogen) atoms. The molecule has 0 aliphatic carbocycles. The Hall–Kier alpha value is -0.0300. The van der Waals surface area contributed by atoms with Gasteiger partial charge in [-0.1, -0.05) is 87.8 Å². The highest BCUT2D eigenvalue weighted by Crippen LogP contribution is 2.50. The van der Waals surface area contributed by atoms with Gasteiger partial charge in [-0.3, -0.25) is 0 Å². The first-order valence-corrected chi connectivity index (χ1v) is 7.40. The van der Waals surface area contributed by atoms with Gasteiger partial charge < -0.3 is 0 Å². The molecule has 0 aliphatic rings. The van der Waals surface area contributed by atoms with E-state index >= 15 is 0 Å². The maximum absolute atomic E-state index is 6.02. The molecule has 2 rings (SSSR count). The molecule has 0 unspecified atom stereocenters. The lowest BCUT2D eigenvalue weighted by Crippen LogP contribution is -2.14. The molecule has 0 spiro atoms. The lowest BCUT2D eigenvalue weighted by atomic mass is 10.0. The third kappa shape index (κ3) is 3.59. The molecule has 1 aromatic heterocycles. The van der Waals surface area contributed by atoms with E-state index in [0.717, 1.165) is 0 Å². The van der Waals surface area contributed by atoms with Crippen LogP contribution in [-0.2, 0) is 7.59 Å². The Balaban J connectivity index is 2.77. The average Bonchev–Trinajstić information content (AvgIpc) is 2.37. The minimum atomic E-state index is -1.79. The highest BCUT2D eigenvalue weighted by molar-refractivity contribution is 6.69. The van der Waals surface area contributed by atoms with E-state index in [9.17, 15) is 0 Å². The Morgan fingerprint density at radius 3 is 2.05 bits per heavy atom. The van der Waals surface area contributed by atoms with Gasteiger partial charge in [0.1, 0.15) is 0 Å². The van der Waals surface area contributed by atoms with Crippen LogP contribution < -0.4 is 0 Å². The zero-order valence-electron chi connectivity index (χ0n) is 9.50. The van der Waals surface area contributed by atoms with Crippen molar-refractivity contribution in [1.82, 2.24) is 15.4 Å². The van der Waals surface area contributed by atoms with Gasteiger partial charge in [0.05, 0.1) is 11.9 Å². The summed E-state index contributed by atoms with van der Waals surface area (Å²) in [5, 5.41) is 11.0. The molecule has 106 valence electrons. The Morgan fingerprint density at radius 1 is 0.850 bits per heavy atom.